The number of ether oxygens (including phenoxy) is 1. The van der Waals surface area contributed by atoms with E-state index in [0.29, 0.717) is 11.4 Å². The monoisotopic (exact) mass is 428 g/mol. The Morgan fingerprint density at radius 1 is 1.03 bits per heavy atom. The lowest BCUT2D eigenvalue weighted by Crippen LogP contribution is -2.21. The van der Waals surface area contributed by atoms with E-state index < -0.39 is 0 Å². The lowest BCUT2D eigenvalue weighted by molar-refractivity contribution is 0.413. The molecular weight excluding hydrogens is 408 g/mol. The summed E-state index contributed by atoms with van der Waals surface area (Å²) in [5, 5.41) is 5.60. The number of aryl methyl sites for hydroxylation is 1. The standard InChI is InChI=1S/C25H21ClN4O/c1-16-24(17-9-11-19(26)12-10-17)25-28-21(20-7-3-4-8-23(20)31-2)14-22(30(25)29-16)18-6-5-13-27-15-18/h3-13,15,22H,14H2,1-2H3. The number of hydrogen-bond donors (Lipinski definition) is 0. The molecule has 4 aromatic rings. The number of hydrogen-bond acceptors (Lipinski definition) is 4. The minimum atomic E-state index is -0.0131. The number of fused-ring (bicyclic) bond motifs is 1. The third kappa shape index (κ3) is 3.51. The molecule has 5 rings (SSSR count). The lowest BCUT2D eigenvalue weighted by Gasteiger charge is -2.25. The molecule has 3 heterocycles. The van der Waals surface area contributed by atoms with Crippen molar-refractivity contribution >= 4 is 23.1 Å². The van der Waals surface area contributed by atoms with Crippen molar-refractivity contribution in [2.75, 3.05) is 7.11 Å². The first-order valence-electron chi connectivity index (χ1n) is 10.1. The molecule has 31 heavy (non-hydrogen) atoms. The largest absolute Gasteiger partial charge is 0.496 e. The molecular formula is C25H21ClN4O. The normalized spacial score (nSPS) is 15.3. The van der Waals surface area contributed by atoms with E-state index in [2.05, 4.69) is 17.1 Å². The minimum absolute atomic E-state index is 0.0131. The molecule has 2 aromatic heterocycles. The summed E-state index contributed by atoms with van der Waals surface area (Å²) in [6, 6.07) is 19.9. The first-order valence-corrected chi connectivity index (χ1v) is 10.5. The summed E-state index contributed by atoms with van der Waals surface area (Å²) in [7, 11) is 1.69. The maximum atomic E-state index is 6.13. The molecule has 0 N–H and O–H groups in total. The van der Waals surface area contributed by atoms with Crippen molar-refractivity contribution in [3.63, 3.8) is 0 Å². The van der Waals surface area contributed by atoms with Crippen LogP contribution in [0.1, 0.15) is 29.3 Å². The van der Waals surface area contributed by atoms with E-state index in [1.807, 2.05) is 66.3 Å². The van der Waals surface area contributed by atoms with E-state index in [1.165, 1.54) is 0 Å². The summed E-state index contributed by atoms with van der Waals surface area (Å²) >= 11 is 6.13. The first kappa shape index (κ1) is 19.5. The fraction of sp³-hybridized carbons (Fsp3) is 0.160. The van der Waals surface area contributed by atoms with Gasteiger partial charge < -0.3 is 4.74 Å². The zero-order valence-electron chi connectivity index (χ0n) is 17.3. The van der Waals surface area contributed by atoms with Crippen LogP contribution in [0.4, 0.5) is 5.82 Å². The van der Waals surface area contributed by atoms with E-state index in [1.54, 1.807) is 13.3 Å². The summed E-state index contributed by atoms with van der Waals surface area (Å²) in [4.78, 5) is 9.44. The van der Waals surface area contributed by atoms with Crippen molar-refractivity contribution < 1.29 is 4.74 Å². The Hall–Kier alpha value is -3.44. The fourth-order valence-electron chi connectivity index (χ4n) is 4.14. The van der Waals surface area contributed by atoms with Gasteiger partial charge in [-0.25, -0.2) is 9.67 Å². The Balaban J connectivity index is 1.74. The molecule has 0 spiro atoms. The molecule has 154 valence electrons. The number of pyridine rings is 1. The van der Waals surface area contributed by atoms with Crippen LogP contribution in [0.3, 0.4) is 0 Å². The Bertz CT molecular complexity index is 1260. The molecule has 1 unspecified atom stereocenters. The van der Waals surface area contributed by atoms with Crippen LogP contribution >= 0.6 is 11.6 Å². The molecule has 1 aliphatic heterocycles. The van der Waals surface area contributed by atoms with Gasteiger partial charge in [-0.15, -0.1) is 0 Å². The zero-order valence-corrected chi connectivity index (χ0v) is 18.0. The lowest BCUT2D eigenvalue weighted by atomic mass is 9.95. The predicted molar refractivity (Wildman–Crippen MR) is 124 cm³/mol. The molecule has 1 atom stereocenters. The number of methoxy groups -OCH3 is 1. The summed E-state index contributed by atoms with van der Waals surface area (Å²) in [6.07, 6.45) is 4.38. The Kier molecular flexibility index (Phi) is 5.04. The van der Waals surface area contributed by atoms with Crippen LogP contribution in [-0.4, -0.2) is 27.6 Å². The van der Waals surface area contributed by atoms with Crippen LogP contribution in [-0.2, 0) is 0 Å². The highest BCUT2D eigenvalue weighted by molar-refractivity contribution is 6.30. The third-order valence-corrected chi connectivity index (χ3v) is 5.85. The summed E-state index contributed by atoms with van der Waals surface area (Å²) in [5.41, 5.74) is 6.03. The van der Waals surface area contributed by atoms with Crippen molar-refractivity contribution in [1.29, 1.82) is 0 Å². The quantitative estimate of drug-likeness (QED) is 0.398. The van der Waals surface area contributed by atoms with Gasteiger partial charge in [0.2, 0.25) is 0 Å². The van der Waals surface area contributed by atoms with E-state index in [0.717, 1.165) is 45.2 Å². The molecule has 0 aliphatic carbocycles. The molecule has 0 radical (unpaired) electrons. The van der Waals surface area contributed by atoms with Gasteiger partial charge in [-0.2, -0.15) is 5.10 Å². The molecule has 0 amide bonds. The van der Waals surface area contributed by atoms with E-state index in [9.17, 15) is 0 Å². The third-order valence-electron chi connectivity index (χ3n) is 5.60. The van der Waals surface area contributed by atoms with Gasteiger partial charge in [-0.3, -0.25) is 4.98 Å². The van der Waals surface area contributed by atoms with Gasteiger partial charge in [-0.1, -0.05) is 41.9 Å². The van der Waals surface area contributed by atoms with Gasteiger partial charge in [0.1, 0.15) is 5.75 Å². The average molecular weight is 429 g/mol. The highest BCUT2D eigenvalue weighted by Crippen LogP contribution is 2.42. The molecule has 0 saturated carbocycles. The zero-order chi connectivity index (χ0) is 21.4. The second-order valence-corrected chi connectivity index (χ2v) is 7.94. The summed E-state index contributed by atoms with van der Waals surface area (Å²) in [6.45, 7) is 2.02. The van der Waals surface area contributed by atoms with Crippen LogP contribution in [0.15, 0.2) is 78.0 Å². The number of aromatic nitrogens is 3. The highest BCUT2D eigenvalue weighted by Gasteiger charge is 2.30. The van der Waals surface area contributed by atoms with Crippen molar-refractivity contribution in [3.05, 3.63) is 94.9 Å². The van der Waals surface area contributed by atoms with Gasteiger partial charge in [0.15, 0.2) is 5.82 Å². The van der Waals surface area contributed by atoms with Crippen molar-refractivity contribution in [1.82, 2.24) is 14.8 Å². The number of aliphatic imine (C=N–C) groups is 1. The summed E-state index contributed by atoms with van der Waals surface area (Å²) in [5.74, 6) is 1.64. The van der Waals surface area contributed by atoms with Crippen molar-refractivity contribution in [2.24, 2.45) is 4.99 Å². The van der Waals surface area contributed by atoms with Gasteiger partial charge in [-0.05, 0) is 48.4 Å². The molecule has 0 fully saturated rings. The van der Waals surface area contributed by atoms with Crippen LogP contribution in [0.5, 0.6) is 5.75 Å². The fourth-order valence-corrected chi connectivity index (χ4v) is 4.27. The van der Waals surface area contributed by atoms with Crippen LogP contribution in [0.25, 0.3) is 11.1 Å². The Labute approximate surface area is 186 Å². The van der Waals surface area contributed by atoms with Crippen molar-refractivity contribution in [3.8, 4) is 16.9 Å². The van der Waals surface area contributed by atoms with Crippen LogP contribution in [0, 0.1) is 6.92 Å². The SMILES string of the molecule is COc1ccccc1C1=Nc2c(-c3ccc(Cl)cc3)c(C)nn2C(c2cccnc2)C1. The minimum Gasteiger partial charge on any atom is -0.496 e. The Morgan fingerprint density at radius 3 is 2.58 bits per heavy atom. The number of rotatable bonds is 4. The number of nitrogens with zero attached hydrogens (tertiary/aromatic N) is 4. The Morgan fingerprint density at radius 2 is 1.84 bits per heavy atom. The van der Waals surface area contributed by atoms with E-state index in [4.69, 9.17) is 26.4 Å². The molecule has 2 aromatic carbocycles. The van der Waals surface area contributed by atoms with Gasteiger partial charge in [0, 0.05) is 35.0 Å². The smallest absolute Gasteiger partial charge is 0.159 e. The maximum Gasteiger partial charge on any atom is 0.159 e. The molecule has 5 nitrogen and oxygen atoms in total. The average Bonchev–Trinajstić information content (AvgIpc) is 3.15. The molecule has 6 heteroatoms. The van der Waals surface area contributed by atoms with E-state index in [-0.39, 0.29) is 6.04 Å². The number of halogens is 1. The molecule has 0 bridgehead atoms. The molecule has 1 aliphatic rings. The maximum absolute atomic E-state index is 6.13. The molecule has 0 saturated heterocycles. The number of benzene rings is 2. The van der Waals surface area contributed by atoms with Crippen LogP contribution in [0.2, 0.25) is 5.02 Å². The number of para-hydroxylation sites is 1. The summed E-state index contributed by atoms with van der Waals surface area (Å²) < 4.78 is 7.65. The van der Waals surface area contributed by atoms with E-state index >= 15 is 0 Å². The first-order chi connectivity index (χ1) is 15.2. The topological polar surface area (TPSA) is 52.3 Å². The van der Waals surface area contributed by atoms with Gasteiger partial charge in [0.05, 0.1) is 24.6 Å². The highest BCUT2D eigenvalue weighted by atomic mass is 35.5. The van der Waals surface area contributed by atoms with Gasteiger partial charge >= 0.3 is 0 Å². The van der Waals surface area contributed by atoms with Crippen LogP contribution < -0.4 is 4.74 Å². The second-order valence-electron chi connectivity index (χ2n) is 7.50. The second kappa shape index (κ2) is 8.00. The van der Waals surface area contributed by atoms with Crippen molar-refractivity contribution in [2.45, 2.75) is 19.4 Å². The predicted octanol–water partition coefficient (Wildman–Crippen LogP) is 6.03. The van der Waals surface area contributed by atoms with Gasteiger partial charge in [0.25, 0.3) is 0 Å².